The lowest BCUT2D eigenvalue weighted by atomic mass is 10.0. The molecule has 2 N–H and O–H groups in total. The molecule has 0 fully saturated rings. The normalized spacial score (nSPS) is 12.0. The van der Waals surface area contributed by atoms with Crippen molar-refractivity contribution in [1.29, 1.82) is 0 Å². The Morgan fingerprint density at radius 2 is 1.62 bits per heavy atom. The lowest BCUT2D eigenvalue weighted by Gasteiger charge is -2.18. The number of benzene rings is 3. The molecule has 5 rings (SSSR count). The Bertz CT molecular complexity index is 2020. The Morgan fingerprint density at radius 3 is 2.29 bits per heavy atom. The molecule has 5 aromatic rings. The number of aromatic nitrogens is 2. The monoisotopic (exact) mass is 698 g/mol. The summed E-state index contributed by atoms with van der Waals surface area (Å²) in [6.45, 7) is 0. The third-order valence-corrected chi connectivity index (χ3v) is 8.81. The number of methoxy groups -OCH3 is 1. The number of sulfonamides is 1. The number of pyridine rings is 2. The highest BCUT2D eigenvalue weighted by atomic mass is 79.9. The maximum absolute atomic E-state index is 15.1. The second-order valence-electron chi connectivity index (χ2n) is 9.67. The molecule has 2 aromatic heterocycles. The van der Waals surface area contributed by atoms with Crippen LogP contribution in [-0.4, -0.2) is 43.4 Å². The fraction of sp³-hybridized carbons (Fsp3) is 0.0968. The Labute approximate surface area is 263 Å². The number of hydrogen-bond donors (Lipinski definition) is 2. The van der Waals surface area contributed by atoms with Crippen LogP contribution in [0.25, 0.3) is 22.0 Å². The molecular formula is C31H22BrF3N4O5S. The third-order valence-electron chi connectivity index (χ3n) is 6.77. The van der Waals surface area contributed by atoms with Gasteiger partial charge in [-0.3, -0.25) is 14.5 Å². The fourth-order valence-corrected chi connectivity index (χ4v) is 6.12. The number of ether oxygens (including phenoxy) is 1. The van der Waals surface area contributed by atoms with Crippen LogP contribution in [0.15, 0.2) is 94.6 Å². The number of nitrogens with zero attached hydrogens (tertiary/aromatic N) is 2. The number of rotatable bonds is 9. The zero-order valence-electron chi connectivity index (χ0n) is 23.2. The molecule has 1 unspecified atom stereocenters. The molecular weight excluding hydrogens is 677 g/mol. The van der Waals surface area contributed by atoms with Crippen LogP contribution in [0.3, 0.4) is 0 Å². The van der Waals surface area contributed by atoms with Crippen molar-refractivity contribution < 1.29 is 35.9 Å². The third kappa shape index (κ3) is 6.97. The number of hydrogen-bond acceptors (Lipinski definition) is 7. The first-order valence-corrected chi connectivity index (χ1v) is 15.4. The van der Waals surface area contributed by atoms with Gasteiger partial charge in [0.05, 0.1) is 23.2 Å². The number of halogens is 4. The van der Waals surface area contributed by atoms with E-state index in [4.69, 9.17) is 4.74 Å². The molecule has 0 bridgehead atoms. The lowest BCUT2D eigenvalue weighted by molar-refractivity contribution is -0.142. The van der Waals surface area contributed by atoms with Gasteiger partial charge in [-0.05, 0) is 75.1 Å². The molecule has 1 atom stereocenters. The second-order valence-corrected chi connectivity index (χ2v) is 12.2. The zero-order chi connectivity index (χ0) is 32.3. The van der Waals surface area contributed by atoms with Crippen LogP contribution in [0.4, 0.5) is 18.9 Å². The van der Waals surface area contributed by atoms with E-state index in [2.05, 4.69) is 35.9 Å². The van der Waals surface area contributed by atoms with Crippen molar-refractivity contribution in [2.45, 2.75) is 17.4 Å². The zero-order valence-corrected chi connectivity index (χ0v) is 25.6. The van der Waals surface area contributed by atoms with Crippen molar-refractivity contribution in [3.63, 3.8) is 0 Å². The maximum Gasteiger partial charge on any atom is 0.328 e. The number of esters is 1. The molecule has 1 amide bonds. The number of amides is 1. The molecule has 0 radical (unpaired) electrons. The van der Waals surface area contributed by atoms with Crippen LogP contribution in [0.1, 0.15) is 15.9 Å². The SMILES string of the molecule is COC(=O)C(Cc1ccc(Br)c2ncccc12)NC(=O)c1c(F)cc(NS(=O)(=O)c2ccc(-c3ccnc(F)c3)cc2)cc1F. The van der Waals surface area contributed by atoms with Crippen molar-refractivity contribution in [2.24, 2.45) is 0 Å². The maximum atomic E-state index is 15.1. The van der Waals surface area contributed by atoms with E-state index >= 15 is 8.78 Å². The summed E-state index contributed by atoms with van der Waals surface area (Å²) in [6.07, 6.45) is 2.78. The number of nitrogens with one attached hydrogen (secondary N) is 2. The predicted octanol–water partition coefficient (Wildman–Crippen LogP) is 5.79. The molecule has 14 heteroatoms. The Morgan fingerprint density at radius 1 is 0.911 bits per heavy atom. The van der Waals surface area contributed by atoms with Crippen LogP contribution in [0.2, 0.25) is 0 Å². The van der Waals surface area contributed by atoms with Crippen LogP contribution < -0.4 is 10.0 Å². The Balaban J connectivity index is 1.35. The number of anilines is 1. The average Bonchev–Trinajstić information content (AvgIpc) is 3.01. The van der Waals surface area contributed by atoms with Gasteiger partial charge >= 0.3 is 5.97 Å². The van der Waals surface area contributed by atoms with Crippen LogP contribution in [0.5, 0.6) is 0 Å². The van der Waals surface area contributed by atoms with E-state index in [0.29, 0.717) is 44.2 Å². The summed E-state index contributed by atoms with van der Waals surface area (Å²) in [4.78, 5) is 33.1. The number of carbonyl (C=O) groups excluding carboxylic acids is 2. The summed E-state index contributed by atoms with van der Waals surface area (Å²) in [7, 11) is -3.21. The largest absolute Gasteiger partial charge is 0.467 e. The second kappa shape index (κ2) is 13.0. The van der Waals surface area contributed by atoms with Crippen molar-refractivity contribution in [2.75, 3.05) is 11.8 Å². The van der Waals surface area contributed by atoms with E-state index in [-0.39, 0.29) is 11.3 Å². The molecule has 0 saturated heterocycles. The van der Waals surface area contributed by atoms with Gasteiger partial charge in [0.1, 0.15) is 23.2 Å². The van der Waals surface area contributed by atoms with Crippen LogP contribution >= 0.6 is 15.9 Å². The van der Waals surface area contributed by atoms with Gasteiger partial charge in [-0.15, -0.1) is 0 Å². The van der Waals surface area contributed by atoms with Gasteiger partial charge in [0, 0.05) is 34.7 Å². The average molecular weight is 700 g/mol. The smallest absolute Gasteiger partial charge is 0.328 e. The summed E-state index contributed by atoms with van der Waals surface area (Å²) in [5.74, 6) is -5.56. The number of fused-ring (bicyclic) bond motifs is 1. The minimum atomic E-state index is -4.32. The summed E-state index contributed by atoms with van der Waals surface area (Å²) >= 11 is 3.41. The van der Waals surface area contributed by atoms with E-state index in [0.717, 1.165) is 7.11 Å². The Hall–Kier alpha value is -4.82. The first-order valence-electron chi connectivity index (χ1n) is 13.1. The lowest BCUT2D eigenvalue weighted by Crippen LogP contribution is -2.43. The van der Waals surface area contributed by atoms with Gasteiger partial charge in [-0.1, -0.05) is 24.3 Å². The van der Waals surface area contributed by atoms with E-state index in [1.165, 1.54) is 36.5 Å². The summed E-state index contributed by atoms with van der Waals surface area (Å²) in [5.41, 5.74) is 0.694. The first-order chi connectivity index (χ1) is 21.5. The van der Waals surface area contributed by atoms with Gasteiger partial charge in [0.15, 0.2) is 0 Å². The van der Waals surface area contributed by atoms with E-state index in [1.54, 1.807) is 36.5 Å². The molecule has 0 spiro atoms. The van der Waals surface area contributed by atoms with Gasteiger partial charge < -0.3 is 10.1 Å². The van der Waals surface area contributed by atoms with E-state index < -0.39 is 56.8 Å². The first kappa shape index (κ1) is 31.6. The summed E-state index contributed by atoms with van der Waals surface area (Å²) in [6, 6.07) is 14.9. The topological polar surface area (TPSA) is 127 Å². The molecule has 0 saturated carbocycles. The van der Waals surface area contributed by atoms with Gasteiger partial charge in [0.2, 0.25) is 5.95 Å². The molecule has 0 aliphatic heterocycles. The highest BCUT2D eigenvalue weighted by molar-refractivity contribution is 9.10. The quantitative estimate of drug-likeness (QED) is 0.147. The molecule has 3 aromatic carbocycles. The molecule has 0 aliphatic carbocycles. The van der Waals surface area contributed by atoms with Gasteiger partial charge in [-0.2, -0.15) is 4.39 Å². The molecule has 45 heavy (non-hydrogen) atoms. The standard InChI is InChI=1S/C31H22BrF3N4O5S/c1-44-31(41)26(13-19-6-9-23(32)29-22(19)3-2-11-37-29)38-30(40)28-24(33)15-20(16-25(28)34)39-45(42,43)21-7-4-17(5-8-21)18-10-12-36-27(35)14-18/h2-12,14-16,26,39H,13H2,1H3,(H,38,40). The van der Waals surface area contributed by atoms with Gasteiger partial charge in [0.25, 0.3) is 15.9 Å². The van der Waals surface area contributed by atoms with Crippen molar-refractivity contribution in [3.8, 4) is 11.1 Å². The van der Waals surface area contributed by atoms with E-state index in [9.17, 15) is 22.4 Å². The number of carbonyl (C=O) groups is 2. The molecule has 9 nitrogen and oxygen atoms in total. The minimum absolute atomic E-state index is 0.0795. The molecule has 0 aliphatic rings. The van der Waals surface area contributed by atoms with E-state index in [1.807, 2.05) is 0 Å². The highest BCUT2D eigenvalue weighted by Crippen LogP contribution is 2.27. The minimum Gasteiger partial charge on any atom is -0.467 e. The Kier molecular flexibility index (Phi) is 9.16. The van der Waals surface area contributed by atoms with Crippen molar-refractivity contribution in [3.05, 3.63) is 118 Å². The van der Waals surface area contributed by atoms with Crippen LogP contribution in [0, 0.1) is 17.6 Å². The van der Waals surface area contributed by atoms with Crippen molar-refractivity contribution >= 4 is 54.4 Å². The summed E-state index contributed by atoms with van der Waals surface area (Å²) < 4.78 is 77.1. The highest BCUT2D eigenvalue weighted by Gasteiger charge is 2.28. The van der Waals surface area contributed by atoms with Crippen LogP contribution in [-0.2, 0) is 26.0 Å². The predicted molar refractivity (Wildman–Crippen MR) is 163 cm³/mol. The summed E-state index contributed by atoms with van der Waals surface area (Å²) in [5, 5.41) is 3.00. The molecule has 2 heterocycles. The molecule has 230 valence electrons. The van der Waals surface area contributed by atoms with Crippen molar-refractivity contribution in [1.82, 2.24) is 15.3 Å². The van der Waals surface area contributed by atoms with Gasteiger partial charge in [-0.25, -0.2) is 27.0 Å². The fourth-order valence-electron chi connectivity index (χ4n) is 4.63.